The normalized spacial score (nSPS) is 16.2. The molecule has 1 aliphatic heterocycles. The Morgan fingerprint density at radius 2 is 2.08 bits per heavy atom. The molecule has 0 aliphatic carbocycles. The van der Waals surface area contributed by atoms with Gasteiger partial charge >= 0.3 is 0 Å². The molecule has 0 bridgehead atoms. The number of hydrogen-bond acceptors (Lipinski definition) is 5. The van der Waals surface area contributed by atoms with Crippen LogP contribution in [0.1, 0.15) is 42.4 Å². The highest BCUT2D eigenvalue weighted by Crippen LogP contribution is 2.34. The molecule has 1 aliphatic rings. The van der Waals surface area contributed by atoms with Gasteiger partial charge in [0.25, 0.3) is 5.56 Å². The first-order valence-electron chi connectivity index (χ1n) is 7.69. The lowest BCUT2D eigenvalue weighted by Gasteiger charge is -2.24. The summed E-state index contributed by atoms with van der Waals surface area (Å²) in [5, 5.41) is 12.1. The van der Waals surface area contributed by atoms with Gasteiger partial charge in [0.05, 0.1) is 17.2 Å². The second-order valence-electron chi connectivity index (χ2n) is 5.52. The smallest absolute Gasteiger partial charge is 0.257 e. The van der Waals surface area contributed by atoms with Crippen LogP contribution in [0.4, 0.5) is 5.82 Å². The number of nitrogens with one attached hydrogen (secondary N) is 2. The van der Waals surface area contributed by atoms with Gasteiger partial charge in [0.15, 0.2) is 5.16 Å². The van der Waals surface area contributed by atoms with Crippen LogP contribution in [-0.2, 0) is 4.79 Å². The maximum atomic E-state index is 12.5. The molecule has 0 fully saturated rings. The molecule has 1 aromatic carbocycles. The van der Waals surface area contributed by atoms with Crippen molar-refractivity contribution < 1.29 is 4.79 Å². The van der Waals surface area contributed by atoms with Gasteiger partial charge < -0.3 is 10.3 Å². The van der Waals surface area contributed by atoms with E-state index >= 15 is 0 Å². The molecule has 1 amide bonds. The van der Waals surface area contributed by atoms with Crippen molar-refractivity contribution in [3.8, 4) is 6.07 Å². The van der Waals surface area contributed by atoms with Crippen LogP contribution in [0.5, 0.6) is 0 Å². The second kappa shape index (κ2) is 6.89. The molecule has 1 unspecified atom stereocenters. The average Bonchev–Trinajstić information content (AvgIpc) is 2.59. The van der Waals surface area contributed by atoms with Gasteiger partial charge in [0.2, 0.25) is 5.91 Å². The van der Waals surface area contributed by atoms with Crippen LogP contribution >= 0.6 is 11.8 Å². The van der Waals surface area contributed by atoms with E-state index in [1.165, 1.54) is 11.8 Å². The Bertz CT molecular complexity index is 868. The van der Waals surface area contributed by atoms with Crippen molar-refractivity contribution in [1.29, 1.82) is 5.26 Å². The Morgan fingerprint density at radius 3 is 2.75 bits per heavy atom. The molecule has 7 heteroatoms. The van der Waals surface area contributed by atoms with Crippen LogP contribution in [0.3, 0.4) is 0 Å². The topological polar surface area (TPSA) is 98.6 Å². The van der Waals surface area contributed by atoms with E-state index in [1.807, 2.05) is 6.92 Å². The van der Waals surface area contributed by atoms with E-state index in [-0.39, 0.29) is 23.8 Å². The van der Waals surface area contributed by atoms with Gasteiger partial charge in [-0.15, -0.1) is 0 Å². The Kier molecular flexibility index (Phi) is 4.67. The number of thioether (sulfide) groups is 1. The highest BCUT2D eigenvalue weighted by atomic mass is 32.2. The van der Waals surface area contributed by atoms with Crippen molar-refractivity contribution >= 4 is 23.5 Å². The van der Waals surface area contributed by atoms with Crippen LogP contribution < -0.4 is 10.9 Å². The maximum absolute atomic E-state index is 12.5. The van der Waals surface area contributed by atoms with Crippen LogP contribution in [0, 0.1) is 11.3 Å². The first-order chi connectivity index (χ1) is 11.6. The zero-order chi connectivity index (χ0) is 17.1. The van der Waals surface area contributed by atoms with Crippen LogP contribution in [-0.4, -0.2) is 21.6 Å². The van der Waals surface area contributed by atoms with Crippen LogP contribution in [0.2, 0.25) is 0 Å². The van der Waals surface area contributed by atoms with E-state index in [0.29, 0.717) is 22.1 Å². The molecule has 2 aromatic rings. The number of anilines is 1. The Hall–Kier alpha value is -2.59. The van der Waals surface area contributed by atoms with E-state index in [1.54, 1.807) is 24.3 Å². The van der Waals surface area contributed by atoms with Gasteiger partial charge in [0.1, 0.15) is 5.82 Å². The predicted molar refractivity (Wildman–Crippen MR) is 92.1 cm³/mol. The van der Waals surface area contributed by atoms with Crippen LogP contribution in [0.15, 0.2) is 34.2 Å². The summed E-state index contributed by atoms with van der Waals surface area (Å²) in [7, 11) is 0. The van der Waals surface area contributed by atoms with E-state index in [0.717, 1.165) is 17.7 Å². The Morgan fingerprint density at radius 1 is 1.33 bits per heavy atom. The molecule has 24 heavy (non-hydrogen) atoms. The number of amides is 1. The zero-order valence-electron chi connectivity index (χ0n) is 13.1. The lowest BCUT2D eigenvalue weighted by Crippen LogP contribution is -2.31. The Labute approximate surface area is 143 Å². The number of carbonyl (C=O) groups is 1. The van der Waals surface area contributed by atoms with Crippen molar-refractivity contribution in [2.24, 2.45) is 0 Å². The number of hydrogen-bond donors (Lipinski definition) is 2. The second-order valence-corrected chi connectivity index (χ2v) is 6.60. The van der Waals surface area contributed by atoms with Crippen molar-refractivity contribution in [3.63, 3.8) is 0 Å². The third-order valence-electron chi connectivity index (χ3n) is 3.81. The fourth-order valence-corrected chi connectivity index (χ4v) is 3.41. The summed E-state index contributed by atoms with van der Waals surface area (Å²) in [4.78, 5) is 31.8. The van der Waals surface area contributed by atoms with E-state index in [9.17, 15) is 9.59 Å². The molecule has 122 valence electrons. The van der Waals surface area contributed by atoms with Gasteiger partial charge in [0, 0.05) is 18.1 Å². The number of aromatic nitrogens is 2. The molecular weight excluding hydrogens is 324 g/mol. The zero-order valence-corrected chi connectivity index (χ0v) is 13.9. The van der Waals surface area contributed by atoms with Gasteiger partial charge in [-0.1, -0.05) is 30.8 Å². The number of nitriles is 1. The minimum absolute atomic E-state index is 0.165. The summed E-state index contributed by atoms with van der Waals surface area (Å²) in [6.07, 6.45) is 1.15. The third kappa shape index (κ3) is 3.19. The van der Waals surface area contributed by atoms with E-state index < -0.39 is 0 Å². The first kappa shape index (κ1) is 16.3. The third-order valence-corrected chi connectivity index (χ3v) is 4.89. The molecule has 0 saturated heterocycles. The summed E-state index contributed by atoms with van der Waals surface area (Å²) >= 11 is 1.46. The van der Waals surface area contributed by atoms with Gasteiger partial charge in [-0.05, 0) is 24.1 Å². The quantitative estimate of drug-likeness (QED) is 0.658. The number of carbonyl (C=O) groups excluding carboxylic acids is 1. The highest BCUT2D eigenvalue weighted by Gasteiger charge is 2.30. The molecule has 1 atom stereocenters. The highest BCUT2D eigenvalue weighted by molar-refractivity contribution is 7.99. The van der Waals surface area contributed by atoms with Gasteiger partial charge in [-0.2, -0.15) is 5.26 Å². The summed E-state index contributed by atoms with van der Waals surface area (Å²) in [5.41, 5.74) is 1.61. The minimum Gasteiger partial charge on any atom is -0.310 e. The largest absolute Gasteiger partial charge is 0.310 e. The lowest BCUT2D eigenvalue weighted by atomic mass is 9.86. The van der Waals surface area contributed by atoms with Crippen molar-refractivity contribution in [3.05, 3.63) is 51.3 Å². The molecule has 0 saturated carbocycles. The minimum atomic E-state index is -0.358. The fraction of sp³-hybridized carbons (Fsp3) is 0.294. The number of fused-ring (bicyclic) bond motifs is 1. The monoisotopic (exact) mass is 340 g/mol. The van der Waals surface area contributed by atoms with Gasteiger partial charge in [-0.3, -0.25) is 9.59 Å². The van der Waals surface area contributed by atoms with Crippen molar-refractivity contribution in [1.82, 2.24) is 9.97 Å². The number of H-pyrrole nitrogens is 1. The average molecular weight is 340 g/mol. The molecule has 6 nitrogen and oxygen atoms in total. The van der Waals surface area contributed by atoms with E-state index in [2.05, 4.69) is 21.4 Å². The molecule has 1 aromatic heterocycles. The first-order valence-corrected chi connectivity index (χ1v) is 8.68. The SMILES string of the molecule is CCCSc1nc2c(c(=O)[nH]1)C(c1ccc(C#N)cc1)CC(=O)N2. The number of nitrogens with zero attached hydrogens (tertiary/aromatic N) is 2. The standard InChI is InChI=1S/C17H16N4O2S/c1-2-7-24-17-20-15-14(16(23)21-17)12(8-13(22)19-15)11-5-3-10(9-18)4-6-11/h3-6,12H,2,7-8H2,1H3,(H2,19,20,21,22,23). The lowest BCUT2D eigenvalue weighted by molar-refractivity contribution is -0.116. The van der Waals surface area contributed by atoms with Crippen molar-refractivity contribution in [2.45, 2.75) is 30.8 Å². The fourth-order valence-electron chi connectivity index (χ4n) is 2.69. The van der Waals surface area contributed by atoms with Gasteiger partial charge in [-0.25, -0.2) is 4.98 Å². The number of rotatable bonds is 4. The molecule has 2 N–H and O–H groups in total. The summed E-state index contributed by atoms with van der Waals surface area (Å²) in [5.74, 6) is 0.654. The van der Waals surface area contributed by atoms with Crippen molar-refractivity contribution in [2.75, 3.05) is 11.1 Å². The number of aromatic amines is 1. The number of benzene rings is 1. The molecule has 0 radical (unpaired) electrons. The molecular formula is C17H16N4O2S. The summed E-state index contributed by atoms with van der Waals surface area (Å²) < 4.78 is 0. The molecule has 3 rings (SSSR count). The summed E-state index contributed by atoms with van der Waals surface area (Å²) in [6.45, 7) is 2.05. The van der Waals surface area contributed by atoms with E-state index in [4.69, 9.17) is 5.26 Å². The Balaban J connectivity index is 2.04. The maximum Gasteiger partial charge on any atom is 0.257 e. The molecule has 0 spiro atoms. The molecule has 2 heterocycles. The van der Waals surface area contributed by atoms with Crippen LogP contribution in [0.25, 0.3) is 0 Å². The predicted octanol–water partition coefficient (Wildman–Crippen LogP) is 2.62. The summed E-state index contributed by atoms with van der Waals surface area (Å²) in [6, 6.07) is 9.00.